The summed E-state index contributed by atoms with van der Waals surface area (Å²) in [7, 11) is 0. The van der Waals surface area contributed by atoms with Crippen LogP contribution in [0.25, 0.3) is 11.1 Å². The molecule has 0 bridgehead atoms. The summed E-state index contributed by atoms with van der Waals surface area (Å²) in [6.07, 6.45) is 6.67. The van der Waals surface area contributed by atoms with Gasteiger partial charge in [-0.25, -0.2) is 8.78 Å². The minimum atomic E-state index is -0.717. The molecule has 2 aromatic rings. The van der Waals surface area contributed by atoms with Gasteiger partial charge in [0.1, 0.15) is 0 Å². The number of benzene rings is 2. The van der Waals surface area contributed by atoms with Crippen molar-refractivity contribution >= 4 is 15.9 Å². The molecule has 0 nitrogen and oxygen atoms in total. The van der Waals surface area contributed by atoms with Gasteiger partial charge in [-0.05, 0) is 60.8 Å². The summed E-state index contributed by atoms with van der Waals surface area (Å²) in [6.45, 7) is 2.21. The van der Waals surface area contributed by atoms with Gasteiger partial charge in [0.25, 0.3) is 0 Å². The number of halogens is 3. The zero-order valence-corrected chi connectivity index (χ0v) is 15.6. The van der Waals surface area contributed by atoms with Gasteiger partial charge in [-0.2, -0.15) is 0 Å². The topological polar surface area (TPSA) is 0 Å². The van der Waals surface area contributed by atoms with E-state index in [0.29, 0.717) is 16.7 Å². The van der Waals surface area contributed by atoms with Crippen LogP contribution in [0.1, 0.15) is 56.9 Å². The predicted octanol–water partition coefficient (Wildman–Crippen LogP) is 7.47. The molecule has 1 saturated carbocycles. The first-order valence-corrected chi connectivity index (χ1v) is 9.63. The first-order chi connectivity index (χ1) is 11.6. The highest BCUT2D eigenvalue weighted by Gasteiger charge is 2.26. The summed E-state index contributed by atoms with van der Waals surface area (Å²) >= 11 is 3.36. The molecule has 0 heterocycles. The standard InChI is InChI=1S/C21H23BrF2/c1-2-3-14-4-6-15(7-5-14)18-12-13-19(21(24)20(18)23)16-8-10-17(22)11-9-16/h8-15H,2-7H2,1H3. The van der Waals surface area contributed by atoms with Crippen molar-refractivity contribution in [3.05, 3.63) is 58.1 Å². The lowest BCUT2D eigenvalue weighted by Gasteiger charge is -2.29. The normalized spacial score (nSPS) is 21.0. The molecule has 1 fully saturated rings. The van der Waals surface area contributed by atoms with Crippen molar-refractivity contribution in [2.45, 2.75) is 51.4 Å². The first kappa shape index (κ1) is 17.6. The molecule has 1 aliphatic carbocycles. The lowest BCUT2D eigenvalue weighted by Crippen LogP contribution is -2.14. The van der Waals surface area contributed by atoms with E-state index in [1.165, 1.54) is 12.8 Å². The van der Waals surface area contributed by atoms with Crippen molar-refractivity contribution < 1.29 is 8.78 Å². The Morgan fingerprint density at radius 2 is 1.58 bits per heavy atom. The van der Waals surface area contributed by atoms with E-state index in [1.54, 1.807) is 24.3 Å². The molecule has 1 aliphatic rings. The number of hydrogen-bond donors (Lipinski definition) is 0. The summed E-state index contributed by atoms with van der Waals surface area (Å²) in [5.74, 6) is -0.451. The second kappa shape index (κ2) is 7.77. The average Bonchev–Trinajstić information content (AvgIpc) is 2.59. The smallest absolute Gasteiger partial charge is 0.166 e. The largest absolute Gasteiger partial charge is 0.203 e. The van der Waals surface area contributed by atoms with Crippen LogP contribution in [-0.4, -0.2) is 0 Å². The molecule has 128 valence electrons. The van der Waals surface area contributed by atoms with Gasteiger partial charge in [0.2, 0.25) is 0 Å². The molecule has 0 amide bonds. The maximum absolute atomic E-state index is 14.7. The van der Waals surface area contributed by atoms with E-state index in [2.05, 4.69) is 22.9 Å². The molecule has 0 saturated heterocycles. The molecule has 0 N–H and O–H groups in total. The summed E-state index contributed by atoms with van der Waals surface area (Å²) in [5.41, 5.74) is 1.60. The minimum absolute atomic E-state index is 0.159. The van der Waals surface area contributed by atoms with Gasteiger partial charge in [0.05, 0.1) is 0 Å². The molecule has 3 rings (SSSR count). The molecule has 24 heavy (non-hydrogen) atoms. The van der Waals surface area contributed by atoms with E-state index in [-0.39, 0.29) is 5.92 Å². The first-order valence-electron chi connectivity index (χ1n) is 8.84. The third-order valence-corrected chi connectivity index (χ3v) is 5.78. The second-order valence-corrected chi connectivity index (χ2v) is 7.76. The zero-order valence-electron chi connectivity index (χ0n) is 14.0. The van der Waals surface area contributed by atoms with E-state index < -0.39 is 11.6 Å². The van der Waals surface area contributed by atoms with Crippen LogP contribution in [0.15, 0.2) is 40.9 Å². The van der Waals surface area contributed by atoms with Crippen LogP contribution in [0, 0.1) is 17.6 Å². The quantitative estimate of drug-likeness (QED) is 0.505. The minimum Gasteiger partial charge on any atom is -0.203 e. The Morgan fingerprint density at radius 3 is 2.21 bits per heavy atom. The fourth-order valence-electron chi connectivity index (χ4n) is 3.90. The maximum atomic E-state index is 14.7. The maximum Gasteiger partial charge on any atom is 0.166 e. The van der Waals surface area contributed by atoms with Crippen LogP contribution >= 0.6 is 15.9 Å². The van der Waals surface area contributed by atoms with E-state index in [1.807, 2.05) is 12.1 Å². The Bertz CT molecular complexity index is 686. The fraction of sp³-hybridized carbons (Fsp3) is 0.429. The molecule has 0 spiro atoms. The van der Waals surface area contributed by atoms with Gasteiger partial charge in [-0.15, -0.1) is 0 Å². The molecule has 0 atom stereocenters. The molecule has 2 aromatic carbocycles. The highest BCUT2D eigenvalue weighted by Crippen LogP contribution is 2.40. The van der Waals surface area contributed by atoms with Crippen molar-refractivity contribution in [2.75, 3.05) is 0 Å². The van der Waals surface area contributed by atoms with Gasteiger partial charge in [0.15, 0.2) is 11.6 Å². The van der Waals surface area contributed by atoms with Crippen LogP contribution in [0.5, 0.6) is 0 Å². The third kappa shape index (κ3) is 3.72. The van der Waals surface area contributed by atoms with E-state index in [4.69, 9.17) is 0 Å². The SMILES string of the molecule is CCCC1CCC(c2ccc(-c3ccc(Br)cc3)c(F)c2F)CC1. The van der Waals surface area contributed by atoms with Gasteiger partial charge < -0.3 is 0 Å². The van der Waals surface area contributed by atoms with Crippen LogP contribution in [0.2, 0.25) is 0 Å². The van der Waals surface area contributed by atoms with E-state index in [0.717, 1.165) is 36.1 Å². The highest BCUT2D eigenvalue weighted by atomic mass is 79.9. The molecule has 0 radical (unpaired) electrons. The van der Waals surface area contributed by atoms with Crippen LogP contribution in [0.3, 0.4) is 0 Å². The average molecular weight is 393 g/mol. The summed E-state index contributed by atoms with van der Waals surface area (Å²) in [5, 5.41) is 0. The summed E-state index contributed by atoms with van der Waals surface area (Å²) in [4.78, 5) is 0. The van der Waals surface area contributed by atoms with Crippen molar-refractivity contribution in [1.29, 1.82) is 0 Å². The molecule has 3 heteroatoms. The van der Waals surface area contributed by atoms with E-state index in [9.17, 15) is 8.78 Å². The second-order valence-electron chi connectivity index (χ2n) is 6.84. The number of hydrogen-bond acceptors (Lipinski definition) is 0. The Labute approximate surface area is 151 Å². The van der Waals surface area contributed by atoms with Gasteiger partial charge in [-0.3, -0.25) is 0 Å². The molecule has 0 aromatic heterocycles. The molecular formula is C21H23BrF2. The Hall–Kier alpha value is -1.22. The van der Waals surface area contributed by atoms with Crippen molar-refractivity contribution in [3.8, 4) is 11.1 Å². The Balaban J connectivity index is 1.82. The van der Waals surface area contributed by atoms with Crippen LogP contribution in [0.4, 0.5) is 8.78 Å². The van der Waals surface area contributed by atoms with Gasteiger partial charge >= 0.3 is 0 Å². The van der Waals surface area contributed by atoms with Crippen molar-refractivity contribution in [2.24, 2.45) is 5.92 Å². The summed E-state index contributed by atoms with van der Waals surface area (Å²) < 4.78 is 30.2. The monoisotopic (exact) mass is 392 g/mol. The fourth-order valence-corrected chi connectivity index (χ4v) is 4.17. The lowest BCUT2D eigenvalue weighted by atomic mass is 9.77. The van der Waals surface area contributed by atoms with Gasteiger partial charge in [0, 0.05) is 10.0 Å². The van der Waals surface area contributed by atoms with E-state index >= 15 is 0 Å². The molecular weight excluding hydrogens is 370 g/mol. The predicted molar refractivity (Wildman–Crippen MR) is 99.1 cm³/mol. The Morgan fingerprint density at radius 1 is 0.917 bits per heavy atom. The van der Waals surface area contributed by atoms with Gasteiger partial charge in [-0.1, -0.05) is 60.0 Å². The summed E-state index contributed by atoms with van der Waals surface area (Å²) in [6, 6.07) is 10.8. The van der Waals surface area contributed by atoms with Crippen molar-refractivity contribution in [3.63, 3.8) is 0 Å². The zero-order chi connectivity index (χ0) is 17.1. The molecule has 0 unspecified atom stereocenters. The Kier molecular flexibility index (Phi) is 5.70. The molecule has 0 aliphatic heterocycles. The number of rotatable bonds is 4. The van der Waals surface area contributed by atoms with Crippen molar-refractivity contribution in [1.82, 2.24) is 0 Å². The van der Waals surface area contributed by atoms with Crippen LogP contribution in [-0.2, 0) is 0 Å². The lowest BCUT2D eigenvalue weighted by molar-refractivity contribution is 0.303. The highest BCUT2D eigenvalue weighted by molar-refractivity contribution is 9.10. The third-order valence-electron chi connectivity index (χ3n) is 5.25. The van der Waals surface area contributed by atoms with Crippen LogP contribution < -0.4 is 0 Å².